The van der Waals surface area contributed by atoms with E-state index in [0.29, 0.717) is 0 Å². The lowest BCUT2D eigenvalue weighted by molar-refractivity contribution is -0.135. The lowest BCUT2D eigenvalue weighted by Gasteiger charge is -2.14. The van der Waals surface area contributed by atoms with Gasteiger partial charge in [-0.25, -0.2) is 4.79 Å². The largest absolute Gasteiger partial charge is 0.478 e. The molecule has 1 N–H and O–H groups in total. The van der Waals surface area contributed by atoms with Crippen molar-refractivity contribution in [3.63, 3.8) is 0 Å². The fraction of sp³-hybridized carbons (Fsp3) is 0.625. The van der Waals surface area contributed by atoms with Crippen LogP contribution in [0, 0.1) is 5.92 Å². The first-order valence-electron chi connectivity index (χ1n) is 7.32. The van der Waals surface area contributed by atoms with Crippen LogP contribution in [0.1, 0.15) is 58.3 Å². The van der Waals surface area contributed by atoms with E-state index in [0.717, 1.165) is 19.3 Å². The van der Waals surface area contributed by atoms with E-state index in [-0.39, 0.29) is 17.3 Å². The Balaban J connectivity index is 2.20. The summed E-state index contributed by atoms with van der Waals surface area (Å²) < 4.78 is 0. The van der Waals surface area contributed by atoms with Crippen LogP contribution in [0.25, 0.3) is 0 Å². The highest BCUT2D eigenvalue weighted by Gasteiger charge is 2.25. The van der Waals surface area contributed by atoms with Crippen LogP contribution in [0.15, 0.2) is 23.8 Å². The molecule has 0 aromatic heterocycles. The maximum atomic E-state index is 11.9. The Morgan fingerprint density at radius 1 is 1.16 bits per heavy atom. The number of carboxylic acid groups (broad SMARTS) is 1. The molecule has 1 rings (SSSR count). The van der Waals surface area contributed by atoms with Gasteiger partial charge in [-0.2, -0.15) is 0 Å². The predicted molar refractivity (Wildman–Crippen MR) is 76.0 cm³/mol. The van der Waals surface area contributed by atoms with Crippen LogP contribution in [0.2, 0.25) is 0 Å². The van der Waals surface area contributed by atoms with E-state index in [9.17, 15) is 9.59 Å². The Morgan fingerprint density at radius 2 is 1.79 bits per heavy atom. The molecular formula is C16H24O3. The molecule has 19 heavy (non-hydrogen) atoms. The predicted octanol–water partition coefficient (Wildman–Crippen LogP) is 3.89. The number of carbonyl (C=O) groups is 2. The van der Waals surface area contributed by atoms with Gasteiger partial charge >= 0.3 is 5.97 Å². The molecule has 3 nitrogen and oxygen atoms in total. The minimum Gasteiger partial charge on any atom is -0.478 e. The molecule has 0 fully saturated rings. The van der Waals surface area contributed by atoms with Crippen LogP contribution in [0.4, 0.5) is 0 Å². The highest BCUT2D eigenvalue weighted by molar-refractivity contribution is 6.18. The first-order chi connectivity index (χ1) is 9.16. The summed E-state index contributed by atoms with van der Waals surface area (Å²) in [6.07, 6.45) is 14.2. The van der Waals surface area contributed by atoms with Gasteiger partial charge in [0.25, 0.3) is 0 Å². The van der Waals surface area contributed by atoms with Crippen molar-refractivity contribution >= 4 is 11.8 Å². The molecule has 1 unspecified atom stereocenters. The number of allylic oxidation sites excluding steroid dienone is 3. The Morgan fingerprint density at radius 3 is 2.42 bits per heavy atom. The van der Waals surface area contributed by atoms with Crippen LogP contribution in [-0.2, 0) is 9.59 Å². The normalized spacial score (nSPS) is 18.5. The van der Waals surface area contributed by atoms with Crippen molar-refractivity contribution < 1.29 is 14.7 Å². The third-order valence-corrected chi connectivity index (χ3v) is 3.56. The summed E-state index contributed by atoms with van der Waals surface area (Å²) in [5.74, 6) is -1.58. The highest BCUT2D eigenvalue weighted by atomic mass is 16.4. The van der Waals surface area contributed by atoms with Crippen molar-refractivity contribution in [1.82, 2.24) is 0 Å². The van der Waals surface area contributed by atoms with Crippen molar-refractivity contribution in [2.24, 2.45) is 5.92 Å². The van der Waals surface area contributed by atoms with E-state index in [2.05, 4.69) is 6.92 Å². The first-order valence-corrected chi connectivity index (χ1v) is 7.32. The number of carboxylic acids is 1. The van der Waals surface area contributed by atoms with Crippen LogP contribution in [-0.4, -0.2) is 16.9 Å². The molecule has 0 bridgehead atoms. The average molecular weight is 264 g/mol. The van der Waals surface area contributed by atoms with E-state index in [1.165, 1.54) is 38.2 Å². The molecule has 0 saturated carbocycles. The zero-order valence-corrected chi connectivity index (χ0v) is 11.7. The van der Waals surface area contributed by atoms with Gasteiger partial charge in [-0.1, -0.05) is 64.0 Å². The van der Waals surface area contributed by atoms with E-state index >= 15 is 0 Å². The number of carbonyl (C=O) groups excluding carboxylic acids is 1. The highest BCUT2D eigenvalue weighted by Crippen LogP contribution is 2.21. The topological polar surface area (TPSA) is 54.4 Å². The maximum absolute atomic E-state index is 11.9. The van der Waals surface area contributed by atoms with Gasteiger partial charge in [-0.3, -0.25) is 4.79 Å². The molecule has 0 aromatic rings. The second kappa shape index (κ2) is 8.68. The van der Waals surface area contributed by atoms with Crippen molar-refractivity contribution in [2.75, 3.05) is 0 Å². The summed E-state index contributed by atoms with van der Waals surface area (Å²) >= 11 is 0. The monoisotopic (exact) mass is 264 g/mol. The molecule has 1 atom stereocenters. The van der Waals surface area contributed by atoms with Crippen molar-refractivity contribution in [3.05, 3.63) is 23.8 Å². The summed E-state index contributed by atoms with van der Waals surface area (Å²) in [4.78, 5) is 22.7. The Bertz CT molecular complexity index is 366. The molecule has 0 aliphatic heterocycles. The third-order valence-electron chi connectivity index (χ3n) is 3.56. The Kier molecular flexibility index (Phi) is 7.16. The van der Waals surface area contributed by atoms with Crippen molar-refractivity contribution in [2.45, 2.75) is 58.3 Å². The summed E-state index contributed by atoms with van der Waals surface area (Å²) in [5, 5.41) is 8.90. The summed E-state index contributed by atoms with van der Waals surface area (Å²) in [6, 6.07) is 0. The smallest absolute Gasteiger partial charge is 0.339 e. The van der Waals surface area contributed by atoms with Gasteiger partial charge in [0.05, 0.1) is 0 Å². The molecule has 3 heteroatoms. The van der Waals surface area contributed by atoms with Gasteiger partial charge in [0.1, 0.15) is 5.57 Å². The summed E-state index contributed by atoms with van der Waals surface area (Å²) in [7, 11) is 0. The number of hydrogen-bond donors (Lipinski definition) is 1. The van der Waals surface area contributed by atoms with E-state index in [1.807, 2.05) is 6.08 Å². The molecule has 0 heterocycles. The van der Waals surface area contributed by atoms with Gasteiger partial charge < -0.3 is 5.11 Å². The molecule has 1 aliphatic carbocycles. The second-order valence-corrected chi connectivity index (χ2v) is 5.15. The molecule has 0 saturated heterocycles. The average Bonchev–Trinajstić information content (AvgIpc) is 2.39. The summed E-state index contributed by atoms with van der Waals surface area (Å²) in [5.41, 5.74) is -0.0737. The minimum atomic E-state index is -1.11. The van der Waals surface area contributed by atoms with Gasteiger partial charge in [0.15, 0.2) is 5.78 Å². The van der Waals surface area contributed by atoms with E-state index in [4.69, 9.17) is 5.11 Å². The fourth-order valence-electron chi connectivity index (χ4n) is 2.38. The van der Waals surface area contributed by atoms with Crippen LogP contribution < -0.4 is 0 Å². The number of aliphatic carboxylic acids is 1. The van der Waals surface area contributed by atoms with Gasteiger partial charge in [0, 0.05) is 5.92 Å². The molecular weight excluding hydrogens is 240 g/mol. The molecule has 0 amide bonds. The van der Waals surface area contributed by atoms with E-state index < -0.39 is 5.97 Å². The number of ketones is 1. The molecule has 0 aromatic carbocycles. The van der Waals surface area contributed by atoms with Gasteiger partial charge in [-0.15, -0.1) is 0 Å². The van der Waals surface area contributed by atoms with Crippen LogP contribution >= 0.6 is 0 Å². The third kappa shape index (κ3) is 5.41. The maximum Gasteiger partial charge on any atom is 0.339 e. The second-order valence-electron chi connectivity index (χ2n) is 5.15. The molecule has 106 valence electrons. The molecule has 0 spiro atoms. The molecule has 1 aliphatic rings. The number of Topliss-reactive ketones (excluding diaryl/α,β-unsaturated/α-hetero) is 1. The Hall–Kier alpha value is -1.38. The zero-order chi connectivity index (χ0) is 14.1. The fourth-order valence-corrected chi connectivity index (χ4v) is 2.38. The van der Waals surface area contributed by atoms with Crippen LogP contribution in [0.5, 0.6) is 0 Å². The first kappa shape index (κ1) is 15.7. The summed E-state index contributed by atoms with van der Waals surface area (Å²) in [6.45, 7) is 2.20. The SMILES string of the molecule is CCCCCCCCCC1C=CC=C(C(=O)O)C1=O. The van der Waals surface area contributed by atoms with E-state index in [1.54, 1.807) is 6.08 Å². The Labute approximate surface area is 115 Å². The lowest BCUT2D eigenvalue weighted by Crippen LogP contribution is -2.22. The minimum absolute atomic E-state index is 0.0737. The number of hydrogen-bond acceptors (Lipinski definition) is 2. The quantitative estimate of drug-likeness (QED) is 0.507. The lowest BCUT2D eigenvalue weighted by atomic mass is 9.88. The van der Waals surface area contributed by atoms with Crippen LogP contribution in [0.3, 0.4) is 0 Å². The van der Waals surface area contributed by atoms with Crippen molar-refractivity contribution in [3.8, 4) is 0 Å². The number of rotatable bonds is 9. The van der Waals surface area contributed by atoms with Crippen molar-refractivity contribution in [1.29, 1.82) is 0 Å². The standard InChI is InChI=1S/C16H24O3/c1-2-3-4-5-6-7-8-10-13-11-9-12-14(15(13)17)16(18)19/h9,11-13H,2-8,10H2,1H3,(H,18,19). The molecule has 0 radical (unpaired) electrons. The van der Waals surface area contributed by atoms with Gasteiger partial charge in [0.2, 0.25) is 0 Å². The number of unbranched alkanes of at least 4 members (excludes halogenated alkanes) is 6. The zero-order valence-electron chi connectivity index (χ0n) is 11.7. The van der Waals surface area contributed by atoms with Gasteiger partial charge in [-0.05, 0) is 12.5 Å².